The van der Waals surface area contributed by atoms with E-state index in [0.29, 0.717) is 18.1 Å². The van der Waals surface area contributed by atoms with Crippen LogP contribution in [0.5, 0.6) is 5.75 Å². The lowest BCUT2D eigenvalue weighted by Crippen LogP contribution is -2.27. The number of fused-ring (bicyclic) bond motifs is 1. The largest absolute Gasteiger partial charge is 0.497 e. The Morgan fingerprint density at radius 3 is 2.86 bits per heavy atom. The number of aromatic nitrogens is 4. The van der Waals surface area contributed by atoms with Gasteiger partial charge < -0.3 is 10.1 Å². The Morgan fingerprint density at radius 2 is 2.10 bits per heavy atom. The highest BCUT2D eigenvalue weighted by atomic mass is 16.5. The quantitative estimate of drug-likeness (QED) is 0.584. The molecule has 4 rings (SSSR count). The van der Waals surface area contributed by atoms with Crippen LogP contribution >= 0.6 is 0 Å². The van der Waals surface area contributed by atoms with E-state index in [1.54, 1.807) is 17.9 Å². The Balaban J connectivity index is 1.78. The molecule has 0 amide bonds. The van der Waals surface area contributed by atoms with Crippen LogP contribution in [0.25, 0.3) is 11.2 Å². The molecule has 0 unspecified atom stereocenters. The Morgan fingerprint density at radius 1 is 1.28 bits per heavy atom. The molecule has 1 aliphatic carbocycles. The number of hydrogen-bond donors (Lipinski definition) is 1. The minimum atomic E-state index is -0.00488. The van der Waals surface area contributed by atoms with Gasteiger partial charge in [-0.25, -0.2) is 9.78 Å². The van der Waals surface area contributed by atoms with E-state index in [0.717, 1.165) is 61.9 Å². The van der Waals surface area contributed by atoms with E-state index in [1.807, 2.05) is 28.8 Å². The van der Waals surface area contributed by atoms with Crippen molar-refractivity contribution in [1.82, 2.24) is 19.1 Å². The Bertz CT molecular complexity index is 1030. The first-order chi connectivity index (χ1) is 14.2. The van der Waals surface area contributed by atoms with Gasteiger partial charge in [0.2, 0.25) is 5.95 Å². The molecular weight excluding hydrogens is 366 g/mol. The van der Waals surface area contributed by atoms with Gasteiger partial charge in [0, 0.05) is 12.6 Å². The van der Waals surface area contributed by atoms with Crippen LogP contribution in [-0.2, 0) is 6.54 Å². The van der Waals surface area contributed by atoms with Crippen LogP contribution < -0.4 is 15.7 Å². The number of hydrogen-bond acceptors (Lipinski definition) is 5. The molecule has 2 aromatic heterocycles. The van der Waals surface area contributed by atoms with E-state index >= 15 is 0 Å². The smallest absolute Gasteiger partial charge is 0.330 e. The first-order valence-corrected chi connectivity index (χ1v) is 10.6. The van der Waals surface area contributed by atoms with Gasteiger partial charge in [0.1, 0.15) is 11.3 Å². The molecule has 0 atom stereocenters. The van der Waals surface area contributed by atoms with Crippen LogP contribution in [0.4, 0.5) is 5.95 Å². The minimum absolute atomic E-state index is 0.00488. The molecule has 3 aromatic rings. The molecule has 1 fully saturated rings. The standard InChI is InChI=1S/C22H29N5O2/c1-3-4-12-23-21-24-14-19-20(25-21)26(15-16-8-7-11-18(13-16)29-2)22(28)27(19)17-9-5-6-10-17/h7-8,11,13-14,17H,3-6,9-10,12,15H2,1-2H3,(H,23,24,25). The fourth-order valence-corrected chi connectivity index (χ4v) is 4.13. The SMILES string of the molecule is CCCCNc1ncc2c(n1)n(Cc1cccc(OC)c1)c(=O)n2C1CCCC1. The van der Waals surface area contributed by atoms with E-state index in [4.69, 9.17) is 9.72 Å². The summed E-state index contributed by atoms with van der Waals surface area (Å²) in [5.41, 5.74) is 2.52. The van der Waals surface area contributed by atoms with Gasteiger partial charge in [-0.05, 0) is 37.0 Å². The number of rotatable bonds is 8. The Hall–Kier alpha value is -2.83. The molecule has 1 aliphatic rings. The highest BCUT2D eigenvalue weighted by Gasteiger charge is 2.25. The minimum Gasteiger partial charge on any atom is -0.497 e. The van der Waals surface area contributed by atoms with Crippen LogP contribution in [0.1, 0.15) is 57.1 Å². The van der Waals surface area contributed by atoms with Crippen LogP contribution in [0.2, 0.25) is 0 Å². The van der Waals surface area contributed by atoms with Crippen molar-refractivity contribution in [2.45, 2.75) is 58.0 Å². The van der Waals surface area contributed by atoms with Gasteiger partial charge in [-0.1, -0.05) is 38.3 Å². The predicted molar refractivity (Wildman–Crippen MR) is 115 cm³/mol. The first kappa shape index (κ1) is 19.5. The molecule has 7 heteroatoms. The van der Waals surface area contributed by atoms with E-state index < -0.39 is 0 Å². The molecule has 0 bridgehead atoms. The number of nitrogens with zero attached hydrogens (tertiary/aromatic N) is 4. The van der Waals surface area contributed by atoms with E-state index in [1.165, 1.54) is 0 Å². The number of methoxy groups -OCH3 is 1. The van der Waals surface area contributed by atoms with Gasteiger partial charge in [-0.3, -0.25) is 9.13 Å². The van der Waals surface area contributed by atoms with Crippen molar-refractivity contribution in [3.05, 3.63) is 46.5 Å². The lowest BCUT2D eigenvalue weighted by atomic mass is 10.2. The number of unbranched alkanes of at least 4 members (excludes halogenated alkanes) is 1. The van der Waals surface area contributed by atoms with Crippen molar-refractivity contribution in [2.24, 2.45) is 0 Å². The van der Waals surface area contributed by atoms with Crippen molar-refractivity contribution in [2.75, 3.05) is 19.0 Å². The average molecular weight is 396 g/mol. The zero-order valence-corrected chi connectivity index (χ0v) is 17.2. The number of benzene rings is 1. The van der Waals surface area contributed by atoms with Crippen LogP contribution in [0.15, 0.2) is 35.3 Å². The van der Waals surface area contributed by atoms with Crippen molar-refractivity contribution < 1.29 is 4.74 Å². The summed E-state index contributed by atoms with van der Waals surface area (Å²) in [4.78, 5) is 22.6. The number of ether oxygens (including phenoxy) is 1. The molecule has 1 aromatic carbocycles. The molecule has 154 valence electrons. The molecule has 7 nitrogen and oxygen atoms in total. The molecule has 1 saturated carbocycles. The summed E-state index contributed by atoms with van der Waals surface area (Å²) in [5, 5.41) is 3.28. The van der Waals surface area contributed by atoms with Gasteiger partial charge in [-0.2, -0.15) is 4.98 Å². The van der Waals surface area contributed by atoms with Crippen molar-refractivity contribution >= 4 is 17.1 Å². The normalized spacial score (nSPS) is 14.6. The van der Waals surface area contributed by atoms with Crippen LogP contribution in [0.3, 0.4) is 0 Å². The van der Waals surface area contributed by atoms with Gasteiger partial charge in [-0.15, -0.1) is 0 Å². The number of nitrogens with one attached hydrogen (secondary N) is 1. The maximum atomic E-state index is 13.4. The maximum absolute atomic E-state index is 13.4. The van der Waals surface area contributed by atoms with Crippen molar-refractivity contribution in [3.8, 4) is 5.75 Å². The zero-order chi connectivity index (χ0) is 20.2. The van der Waals surface area contributed by atoms with Gasteiger partial charge >= 0.3 is 5.69 Å². The summed E-state index contributed by atoms with van der Waals surface area (Å²) in [6.07, 6.45) is 8.37. The topological polar surface area (TPSA) is 74.0 Å². The lowest BCUT2D eigenvalue weighted by Gasteiger charge is -2.10. The summed E-state index contributed by atoms with van der Waals surface area (Å²) < 4.78 is 9.03. The molecule has 0 saturated heterocycles. The summed E-state index contributed by atoms with van der Waals surface area (Å²) in [5.74, 6) is 1.36. The third kappa shape index (κ3) is 3.99. The highest BCUT2D eigenvalue weighted by Crippen LogP contribution is 2.31. The molecule has 0 radical (unpaired) electrons. The summed E-state index contributed by atoms with van der Waals surface area (Å²) in [7, 11) is 1.65. The molecule has 1 N–H and O–H groups in total. The van der Waals surface area contributed by atoms with Crippen LogP contribution in [0, 0.1) is 0 Å². The average Bonchev–Trinajstić information content (AvgIpc) is 3.35. The fourth-order valence-electron chi connectivity index (χ4n) is 4.13. The van der Waals surface area contributed by atoms with E-state index in [9.17, 15) is 4.79 Å². The van der Waals surface area contributed by atoms with E-state index in [2.05, 4.69) is 17.2 Å². The molecule has 0 spiro atoms. The van der Waals surface area contributed by atoms with Gasteiger partial charge in [0.15, 0.2) is 5.65 Å². The Labute approximate surface area is 170 Å². The van der Waals surface area contributed by atoms with Gasteiger partial charge in [0.05, 0.1) is 19.9 Å². The third-order valence-corrected chi connectivity index (χ3v) is 5.68. The second-order valence-corrected chi connectivity index (χ2v) is 7.71. The summed E-state index contributed by atoms with van der Waals surface area (Å²) >= 11 is 0. The maximum Gasteiger partial charge on any atom is 0.330 e. The lowest BCUT2D eigenvalue weighted by molar-refractivity contribution is 0.414. The van der Waals surface area contributed by atoms with E-state index in [-0.39, 0.29) is 11.7 Å². The second kappa shape index (κ2) is 8.68. The number of anilines is 1. The second-order valence-electron chi connectivity index (χ2n) is 7.71. The Kier molecular flexibility index (Phi) is 5.83. The highest BCUT2D eigenvalue weighted by molar-refractivity contribution is 5.72. The predicted octanol–water partition coefficient (Wildman–Crippen LogP) is 3.98. The molecular formula is C22H29N5O2. The van der Waals surface area contributed by atoms with Crippen molar-refractivity contribution in [1.29, 1.82) is 0 Å². The monoisotopic (exact) mass is 395 g/mol. The molecule has 0 aliphatic heterocycles. The fraction of sp³-hybridized carbons (Fsp3) is 0.500. The first-order valence-electron chi connectivity index (χ1n) is 10.6. The molecule has 2 heterocycles. The number of imidazole rings is 1. The summed E-state index contributed by atoms with van der Waals surface area (Å²) in [6.45, 7) is 3.43. The summed E-state index contributed by atoms with van der Waals surface area (Å²) in [6, 6.07) is 8.06. The third-order valence-electron chi connectivity index (χ3n) is 5.68. The van der Waals surface area contributed by atoms with Crippen molar-refractivity contribution in [3.63, 3.8) is 0 Å². The zero-order valence-electron chi connectivity index (χ0n) is 17.2. The molecule has 29 heavy (non-hydrogen) atoms. The van der Waals surface area contributed by atoms with Gasteiger partial charge in [0.25, 0.3) is 0 Å². The van der Waals surface area contributed by atoms with Crippen LogP contribution in [-0.4, -0.2) is 32.8 Å².